The lowest BCUT2D eigenvalue weighted by molar-refractivity contribution is -0.121. The van der Waals surface area contributed by atoms with Gasteiger partial charge in [0.1, 0.15) is 0 Å². The van der Waals surface area contributed by atoms with Crippen LogP contribution < -0.4 is 5.43 Å². The van der Waals surface area contributed by atoms with Crippen molar-refractivity contribution in [2.24, 2.45) is 22.9 Å². The van der Waals surface area contributed by atoms with E-state index in [1.54, 1.807) is 0 Å². The maximum atomic E-state index is 11.4. The monoisotopic (exact) mass is 206 g/mol. The van der Waals surface area contributed by atoms with Crippen LogP contribution in [0.15, 0.2) is 17.3 Å². The molecule has 1 saturated carbocycles. The first-order valence-electron chi connectivity index (χ1n) is 5.68. The fourth-order valence-corrected chi connectivity index (χ4v) is 2.21. The van der Waals surface area contributed by atoms with E-state index in [1.807, 2.05) is 13.8 Å². The van der Waals surface area contributed by atoms with Gasteiger partial charge in [-0.05, 0) is 24.7 Å². The number of hydrazone groups is 1. The molecule has 3 heteroatoms. The summed E-state index contributed by atoms with van der Waals surface area (Å²) in [5, 5.41) is 4.20. The van der Waals surface area contributed by atoms with Crippen molar-refractivity contribution in [2.45, 2.75) is 33.1 Å². The van der Waals surface area contributed by atoms with E-state index >= 15 is 0 Å². The standard InChI is InChI=1S/C12H18N2O/c1-8(2)6-12(15)14-13-11-7-9-4-3-5-10(9)11/h3-4,8-10H,5-7H2,1-2H3,(H,14,15)/b13-11+/t9-,10+/m0/s1. The summed E-state index contributed by atoms with van der Waals surface area (Å²) in [7, 11) is 0. The van der Waals surface area contributed by atoms with Gasteiger partial charge in [-0.3, -0.25) is 4.79 Å². The van der Waals surface area contributed by atoms with E-state index in [2.05, 4.69) is 22.7 Å². The van der Waals surface area contributed by atoms with Gasteiger partial charge in [0.2, 0.25) is 5.91 Å². The number of amides is 1. The quantitative estimate of drug-likeness (QED) is 0.557. The summed E-state index contributed by atoms with van der Waals surface area (Å²) in [6.07, 6.45) is 7.17. The summed E-state index contributed by atoms with van der Waals surface area (Å²) < 4.78 is 0. The number of hydrogen-bond acceptors (Lipinski definition) is 2. The molecule has 0 aromatic rings. The molecule has 0 radical (unpaired) electrons. The van der Waals surface area contributed by atoms with Gasteiger partial charge in [0, 0.05) is 18.1 Å². The van der Waals surface area contributed by atoms with Crippen molar-refractivity contribution in [3.8, 4) is 0 Å². The van der Waals surface area contributed by atoms with E-state index in [-0.39, 0.29) is 5.91 Å². The number of allylic oxidation sites excluding steroid dienone is 2. The summed E-state index contributed by atoms with van der Waals surface area (Å²) in [5.41, 5.74) is 3.82. The van der Waals surface area contributed by atoms with Crippen LogP contribution in [0.1, 0.15) is 33.1 Å². The Morgan fingerprint density at radius 3 is 3.13 bits per heavy atom. The van der Waals surface area contributed by atoms with Crippen molar-refractivity contribution in [1.82, 2.24) is 5.43 Å². The highest BCUT2D eigenvalue weighted by molar-refractivity contribution is 5.94. The third-order valence-corrected chi connectivity index (χ3v) is 3.08. The summed E-state index contributed by atoms with van der Waals surface area (Å²) in [6.45, 7) is 4.07. The van der Waals surface area contributed by atoms with Gasteiger partial charge < -0.3 is 0 Å². The van der Waals surface area contributed by atoms with Gasteiger partial charge in [-0.15, -0.1) is 0 Å². The first-order chi connectivity index (χ1) is 7.16. The average molecular weight is 206 g/mol. The molecule has 82 valence electrons. The van der Waals surface area contributed by atoms with Crippen molar-refractivity contribution in [1.29, 1.82) is 0 Å². The van der Waals surface area contributed by atoms with Crippen molar-refractivity contribution in [3.63, 3.8) is 0 Å². The zero-order valence-electron chi connectivity index (χ0n) is 9.36. The van der Waals surface area contributed by atoms with Gasteiger partial charge >= 0.3 is 0 Å². The topological polar surface area (TPSA) is 41.5 Å². The number of carbonyl (C=O) groups is 1. The molecule has 15 heavy (non-hydrogen) atoms. The lowest BCUT2D eigenvalue weighted by atomic mass is 9.74. The minimum atomic E-state index is 0.0342. The van der Waals surface area contributed by atoms with Gasteiger partial charge in [-0.1, -0.05) is 26.0 Å². The number of carbonyl (C=O) groups excluding carboxylic acids is 1. The molecule has 1 N–H and O–H groups in total. The van der Waals surface area contributed by atoms with Crippen molar-refractivity contribution < 1.29 is 4.79 Å². The van der Waals surface area contributed by atoms with Crippen LogP contribution in [0, 0.1) is 17.8 Å². The fraction of sp³-hybridized carbons (Fsp3) is 0.667. The summed E-state index contributed by atoms with van der Waals surface area (Å²) in [5.74, 6) is 1.72. The highest BCUT2D eigenvalue weighted by Crippen LogP contribution is 2.39. The Balaban J connectivity index is 1.78. The third-order valence-electron chi connectivity index (χ3n) is 3.08. The van der Waals surface area contributed by atoms with Crippen LogP contribution in [0.3, 0.4) is 0 Å². The second kappa shape index (κ2) is 4.17. The van der Waals surface area contributed by atoms with Crippen LogP contribution in [0.25, 0.3) is 0 Å². The Labute approximate surface area is 90.6 Å². The molecular weight excluding hydrogens is 188 g/mol. The lowest BCUT2D eigenvalue weighted by Crippen LogP contribution is -2.35. The first-order valence-corrected chi connectivity index (χ1v) is 5.68. The molecule has 0 unspecified atom stereocenters. The molecule has 2 aliphatic rings. The molecule has 1 fully saturated rings. The fourth-order valence-electron chi connectivity index (χ4n) is 2.21. The summed E-state index contributed by atoms with van der Waals surface area (Å²) in [6, 6.07) is 0. The smallest absolute Gasteiger partial charge is 0.240 e. The van der Waals surface area contributed by atoms with Crippen molar-refractivity contribution in [2.75, 3.05) is 0 Å². The van der Waals surface area contributed by atoms with Crippen LogP contribution in [0.5, 0.6) is 0 Å². The highest BCUT2D eigenvalue weighted by Gasteiger charge is 2.37. The van der Waals surface area contributed by atoms with Gasteiger partial charge in [-0.25, -0.2) is 5.43 Å². The highest BCUT2D eigenvalue weighted by atomic mass is 16.2. The molecule has 0 heterocycles. The van der Waals surface area contributed by atoms with Gasteiger partial charge in [0.15, 0.2) is 0 Å². The Morgan fingerprint density at radius 1 is 1.67 bits per heavy atom. The molecule has 0 aromatic carbocycles. The SMILES string of the molecule is CC(C)CC(=O)N/N=C1\C[C@@H]2C=CC[C@@H]12. The lowest BCUT2D eigenvalue weighted by Gasteiger charge is -2.31. The molecule has 0 aromatic heterocycles. The van der Waals surface area contributed by atoms with Crippen LogP contribution in [-0.2, 0) is 4.79 Å². The molecule has 0 aliphatic heterocycles. The minimum absolute atomic E-state index is 0.0342. The number of nitrogens with one attached hydrogen (secondary N) is 1. The van der Waals surface area contributed by atoms with Crippen molar-refractivity contribution in [3.05, 3.63) is 12.2 Å². The second-order valence-electron chi connectivity index (χ2n) is 4.87. The molecule has 0 bridgehead atoms. The number of rotatable bonds is 3. The molecule has 1 amide bonds. The minimum Gasteiger partial charge on any atom is -0.273 e. The van der Waals surface area contributed by atoms with E-state index in [0.29, 0.717) is 24.2 Å². The maximum Gasteiger partial charge on any atom is 0.240 e. The number of fused-ring (bicyclic) bond motifs is 1. The zero-order chi connectivity index (χ0) is 10.8. The van der Waals surface area contributed by atoms with E-state index in [4.69, 9.17) is 0 Å². The van der Waals surface area contributed by atoms with Crippen molar-refractivity contribution >= 4 is 11.6 Å². The Bertz CT molecular complexity index is 318. The van der Waals surface area contributed by atoms with E-state index in [1.165, 1.54) is 5.71 Å². The molecule has 3 nitrogen and oxygen atoms in total. The van der Waals surface area contributed by atoms with Crippen LogP contribution in [0.2, 0.25) is 0 Å². The van der Waals surface area contributed by atoms with Crippen LogP contribution >= 0.6 is 0 Å². The molecule has 2 atom stereocenters. The number of nitrogens with zero attached hydrogens (tertiary/aromatic N) is 1. The maximum absolute atomic E-state index is 11.4. The second-order valence-corrected chi connectivity index (χ2v) is 4.87. The Hall–Kier alpha value is -1.12. The predicted molar refractivity (Wildman–Crippen MR) is 60.4 cm³/mol. The summed E-state index contributed by atoms with van der Waals surface area (Å²) >= 11 is 0. The third kappa shape index (κ3) is 2.28. The van der Waals surface area contributed by atoms with Gasteiger partial charge in [0.25, 0.3) is 0 Å². The van der Waals surface area contributed by atoms with E-state index in [9.17, 15) is 4.79 Å². The van der Waals surface area contributed by atoms with E-state index < -0.39 is 0 Å². The zero-order valence-corrected chi connectivity index (χ0v) is 9.36. The molecule has 0 spiro atoms. The van der Waals surface area contributed by atoms with Crippen LogP contribution in [-0.4, -0.2) is 11.6 Å². The molecule has 0 saturated heterocycles. The Morgan fingerprint density at radius 2 is 2.47 bits per heavy atom. The normalized spacial score (nSPS) is 30.5. The molecule has 2 aliphatic carbocycles. The average Bonchev–Trinajstić information content (AvgIpc) is 2.46. The number of hydrogen-bond donors (Lipinski definition) is 1. The first kappa shape index (κ1) is 10.4. The largest absolute Gasteiger partial charge is 0.273 e. The van der Waals surface area contributed by atoms with Crippen LogP contribution in [0.4, 0.5) is 0 Å². The molecule has 2 rings (SSSR count). The van der Waals surface area contributed by atoms with Gasteiger partial charge in [-0.2, -0.15) is 5.10 Å². The van der Waals surface area contributed by atoms with E-state index in [0.717, 1.165) is 12.8 Å². The molecular formula is C12H18N2O. The Kier molecular flexibility index (Phi) is 2.89. The summed E-state index contributed by atoms with van der Waals surface area (Å²) in [4.78, 5) is 11.4. The van der Waals surface area contributed by atoms with Gasteiger partial charge in [0.05, 0.1) is 0 Å². The predicted octanol–water partition coefficient (Wildman–Crippen LogP) is 2.10.